The summed E-state index contributed by atoms with van der Waals surface area (Å²) in [5.74, 6) is -1.53. The maximum Gasteiger partial charge on any atom is 0.366 e. The van der Waals surface area contributed by atoms with E-state index in [9.17, 15) is 19.3 Å². The van der Waals surface area contributed by atoms with Crippen molar-refractivity contribution >= 4 is 11.7 Å². The molecule has 1 heterocycles. The van der Waals surface area contributed by atoms with Crippen molar-refractivity contribution in [1.29, 1.82) is 0 Å². The Labute approximate surface area is 112 Å². The van der Waals surface area contributed by atoms with Crippen molar-refractivity contribution in [1.82, 2.24) is 9.78 Å². The summed E-state index contributed by atoms with van der Waals surface area (Å²) >= 11 is 0. The maximum absolute atomic E-state index is 13.6. The first-order valence-electron chi connectivity index (χ1n) is 5.70. The zero-order chi connectivity index (χ0) is 14.7. The molecule has 0 radical (unpaired) electrons. The first kappa shape index (κ1) is 13.7. The van der Waals surface area contributed by atoms with Gasteiger partial charge in [0, 0.05) is 0 Å². The number of carbonyl (C=O) groups excluding carboxylic acids is 1. The highest BCUT2D eigenvalue weighted by molar-refractivity contribution is 5.91. The van der Waals surface area contributed by atoms with Crippen LogP contribution in [0.25, 0.3) is 5.69 Å². The van der Waals surface area contributed by atoms with Crippen LogP contribution in [-0.4, -0.2) is 27.3 Å². The van der Waals surface area contributed by atoms with Gasteiger partial charge in [0.25, 0.3) is 0 Å². The van der Waals surface area contributed by atoms with E-state index in [0.29, 0.717) is 0 Å². The third-order valence-corrected chi connectivity index (χ3v) is 2.46. The third kappa shape index (κ3) is 2.48. The van der Waals surface area contributed by atoms with Crippen molar-refractivity contribution < 1.29 is 18.8 Å². The fourth-order valence-corrected chi connectivity index (χ4v) is 1.60. The number of carbonyl (C=O) groups is 1. The van der Waals surface area contributed by atoms with Crippen molar-refractivity contribution in [3.05, 3.63) is 52.1 Å². The second kappa shape index (κ2) is 5.47. The van der Waals surface area contributed by atoms with Crippen LogP contribution in [-0.2, 0) is 4.74 Å². The minimum Gasteiger partial charge on any atom is -0.461 e. The summed E-state index contributed by atoms with van der Waals surface area (Å²) in [5.41, 5.74) is -0.988. The molecule has 8 heteroatoms. The quantitative estimate of drug-likeness (QED) is 0.486. The molecule has 2 aromatic rings. The van der Waals surface area contributed by atoms with Crippen LogP contribution in [0.4, 0.5) is 10.1 Å². The molecule has 1 aromatic heterocycles. The first-order valence-corrected chi connectivity index (χ1v) is 5.70. The van der Waals surface area contributed by atoms with Gasteiger partial charge in [-0.25, -0.2) is 13.9 Å². The molecule has 0 N–H and O–H groups in total. The number of ether oxygens (including phenoxy) is 1. The number of esters is 1. The number of nitrogens with zero attached hydrogens (tertiary/aromatic N) is 3. The first-order chi connectivity index (χ1) is 9.54. The molecule has 0 bridgehead atoms. The van der Waals surface area contributed by atoms with Crippen LogP contribution in [0.2, 0.25) is 0 Å². The largest absolute Gasteiger partial charge is 0.461 e. The Balaban J connectivity index is 2.53. The van der Waals surface area contributed by atoms with E-state index in [4.69, 9.17) is 0 Å². The fraction of sp³-hybridized carbons (Fsp3) is 0.167. The zero-order valence-corrected chi connectivity index (χ0v) is 10.4. The molecule has 0 unspecified atom stereocenters. The van der Waals surface area contributed by atoms with Gasteiger partial charge in [-0.05, 0) is 19.1 Å². The molecule has 20 heavy (non-hydrogen) atoms. The Kier molecular flexibility index (Phi) is 3.74. The molecular weight excluding hydrogens is 269 g/mol. The maximum atomic E-state index is 13.6. The van der Waals surface area contributed by atoms with Crippen molar-refractivity contribution in [2.75, 3.05) is 6.61 Å². The van der Waals surface area contributed by atoms with E-state index >= 15 is 0 Å². The average Bonchev–Trinajstić information content (AvgIpc) is 2.84. The molecule has 7 nitrogen and oxygen atoms in total. The molecule has 0 amide bonds. The number of nitro groups is 1. The van der Waals surface area contributed by atoms with Gasteiger partial charge >= 0.3 is 11.7 Å². The highest BCUT2D eigenvalue weighted by Gasteiger charge is 2.27. The van der Waals surface area contributed by atoms with Crippen LogP contribution in [0, 0.1) is 15.9 Å². The Morgan fingerprint density at radius 3 is 2.80 bits per heavy atom. The summed E-state index contributed by atoms with van der Waals surface area (Å²) in [6.07, 6.45) is 0.977. The lowest BCUT2D eigenvalue weighted by Gasteiger charge is -2.01. The van der Waals surface area contributed by atoms with Gasteiger partial charge in [0.15, 0.2) is 0 Å². The molecule has 104 valence electrons. The second-order valence-corrected chi connectivity index (χ2v) is 3.74. The minimum atomic E-state index is -0.922. The Hall–Kier alpha value is -2.77. The molecule has 0 aliphatic heterocycles. The molecule has 0 aliphatic carbocycles. The van der Waals surface area contributed by atoms with Gasteiger partial charge in [-0.3, -0.25) is 10.1 Å². The van der Waals surface area contributed by atoms with Crippen LogP contribution in [0.15, 0.2) is 30.5 Å². The van der Waals surface area contributed by atoms with Gasteiger partial charge in [-0.2, -0.15) is 5.10 Å². The van der Waals surface area contributed by atoms with E-state index in [1.807, 2.05) is 0 Å². The molecule has 0 aliphatic rings. The van der Waals surface area contributed by atoms with Gasteiger partial charge in [-0.1, -0.05) is 12.1 Å². The predicted molar refractivity (Wildman–Crippen MR) is 66.1 cm³/mol. The molecule has 0 fully saturated rings. The summed E-state index contributed by atoms with van der Waals surface area (Å²) < 4.78 is 19.2. The van der Waals surface area contributed by atoms with Crippen LogP contribution in [0.5, 0.6) is 0 Å². The van der Waals surface area contributed by atoms with E-state index in [1.54, 1.807) is 13.0 Å². The lowest BCUT2D eigenvalue weighted by atomic mass is 10.3. The van der Waals surface area contributed by atoms with Gasteiger partial charge in [0.1, 0.15) is 17.7 Å². The lowest BCUT2D eigenvalue weighted by Crippen LogP contribution is -2.08. The number of aromatic nitrogens is 2. The number of para-hydroxylation sites is 1. The van der Waals surface area contributed by atoms with Crippen LogP contribution in [0.1, 0.15) is 17.4 Å². The zero-order valence-electron chi connectivity index (χ0n) is 10.4. The number of hydrogen-bond acceptors (Lipinski definition) is 5. The molecule has 0 spiro atoms. The number of hydrogen-bond donors (Lipinski definition) is 0. The van der Waals surface area contributed by atoms with Crippen molar-refractivity contribution in [2.45, 2.75) is 6.92 Å². The highest BCUT2D eigenvalue weighted by Crippen LogP contribution is 2.21. The topological polar surface area (TPSA) is 87.3 Å². The fourth-order valence-electron chi connectivity index (χ4n) is 1.60. The smallest absolute Gasteiger partial charge is 0.366 e. The van der Waals surface area contributed by atoms with Crippen LogP contribution in [0.3, 0.4) is 0 Å². The van der Waals surface area contributed by atoms with E-state index < -0.39 is 28.1 Å². The van der Waals surface area contributed by atoms with Crippen molar-refractivity contribution in [3.8, 4) is 5.69 Å². The Morgan fingerprint density at radius 2 is 2.20 bits per heavy atom. The summed E-state index contributed by atoms with van der Waals surface area (Å²) in [6.45, 7) is 1.63. The summed E-state index contributed by atoms with van der Waals surface area (Å²) in [6, 6.07) is 5.60. The monoisotopic (exact) mass is 279 g/mol. The minimum absolute atomic E-state index is 0.00569. The summed E-state index contributed by atoms with van der Waals surface area (Å²) in [7, 11) is 0. The molecule has 2 rings (SSSR count). The lowest BCUT2D eigenvalue weighted by molar-refractivity contribution is -0.385. The average molecular weight is 279 g/mol. The van der Waals surface area contributed by atoms with Crippen LogP contribution < -0.4 is 0 Å². The molecule has 0 atom stereocenters. The number of benzene rings is 1. The van der Waals surface area contributed by atoms with E-state index in [1.165, 1.54) is 18.2 Å². The van der Waals surface area contributed by atoms with Gasteiger partial charge in [-0.15, -0.1) is 0 Å². The Bertz CT molecular complexity index is 668. The van der Waals surface area contributed by atoms with E-state index in [-0.39, 0.29) is 12.3 Å². The molecule has 0 saturated carbocycles. The third-order valence-electron chi connectivity index (χ3n) is 2.46. The SMILES string of the molecule is CCOC(=O)c1nn(-c2ccccc2F)cc1[N+](=O)[O-]. The standard InChI is InChI=1S/C12H10FN3O4/c1-2-20-12(17)11-10(16(18)19)7-15(14-11)9-6-4-3-5-8(9)13/h3-7H,2H2,1H3. The van der Waals surface area contributed by atoms with Gasteiger partial charge in [0.2, 0.25) is 5.69 Å². The molecule has 1 aromatic carbocycles. The van der Waals surface area contributed by atoms with Crippen LogP contribution >= 0.6 is 0 Å². The normalized spacial score (nSPS) is 10.3. The van der Waals surface area contributed by atoms with E-state index in [0.717, 1.165) is 10.9 Å². The van der Waals surface area contributed by atoms with Crippen molar-refractivity contribution in [2.24, 2.45) is 0 Å². The molecular formula is C12H10FN3O4. The summed E-state index contributed by atoms with van der Waals surface area (Å²) in [4.78, 5) is 21.7. The highest BCUT2D eigenvalue weighted by atomic mass is 19.1. The predicted octanol–water partition coefficient (Wildman–Crippen LogP) is 2.10. The number of rotatable bonds is 4. The van der Waals surface area contributed by atoms with Gasteiger partial charge < -0.3 is 4.74 Å². The summed E-state index contributed by atoms with van der Waals surface area (Å²) in [5, 5.41) is 14.7. The number of halogens is 1. The molecule has 0 saturated heterocycles. The second-order valence-electron chi connectivity index (χ2n) is 3.74. The Morgan fingerprint density at radius 1 is 1.50 bits per heavy atom. The van der Waals surface area contributed by atoms with E-state index in [2.05, 4.69) is 9.84 Å². The van der Waals surface area contributed by atoms with Gasteiger partial charge in [0.05, 0.1) is 11.5 Å². The van der Waals surface area contributed by atoms with Crippen molar-refractivity contribution in [3.63, 3.8) is 0 Å².